The monoisotopic (exact) mass is 229 g/mol. The predicted octanol–water partition coefficient (Wildman–Crippen LogP) is 3.28. The standard InChI is InChI=1S/C12H17ClFN/c1-2-7-15(8-6-13)10-11-4-3-5-12(14)9-11/h3-5,9H,2,6-8,10H2,1H3. The Bertz CT molecular complexity index is 285. The molecule has 0 aromatic heterocycles. The quantitative estimate of drug-likeness (QED) is 0.677. The van der Waals surface area contributed by atoms with Crippen molar-refractivity contribution >= 4 is 11.6 Å². The van der Waals surface area contributed by atoms with Gasteiger partial charge in [0.15, 0.2) is 0 Å². The molecule has 0 saturated carbocycles. The number of halogens is 2. The molecule has 3 heteroatoms. The Balaban J connectivity index is 2.56. The third-order valence-electron chi connectivity index (χ3n) is 2.24. The first-order valence-corrected chi connectivity index (χ1v) is 5.82. The van der Waals surface area contributed by atoms with Gasteiger partial charge in [0.25, 0.3) is 0 Å². The normalized spacial score (nSPS) is 10.9. The molecule has 0 N–H and O–H groups in total. The summed E-state index contributed by atoms with van der Waals surface area (Å²) in [6, 6.07) is 6.74. The van der Waals surface area contributed by atoms with Gasteiger partial charge in [0, 0.05) is 19.0 Å². The summed E-state index contributed by atoms with van der Waals surface area (Å²) in [5, 5.41) is 0. The maximum atomic E-state index is 12.9. The van der Waals surface area contributed by atoms with Crippen LogP contribution in [0, 0.1) is 5.82 Å². The van der Waals surface area contributed by atoms with Crippen LogP contribution in [0.2, 0.25) is 0 Å². The second kappa shape index (κ2) is 6.81. The lowest BCUT2D eigenvalue weighted by atomic mass is 10.2. The van der Waals surface area contributed by atoms with Crippen LogP contribution in [0.1, 0.15) is 18.9 Å². The maximum Gasteiger partial charge on any atom is 0.123 e. The first-order chi connectivity index (χ1) is 7.26. The number of benzene rings is 1. The Morgan fingerprint density at radius 3 is 2.73 bits per heavy atom. The second-order valence-electron chi connectivity index (χ2n) is 3.60. The molecule has 1 aromatic carbocycles. The second-order valence-corrected chi connectivity index (χ2v) is 3.97. The van der Waals surface area contributed by atoms with Crippen molar-refractivity contribution in [3.8, 4) is 0 Å². The zero-order valence-corrected chi connectivity index (χ0v) is 9.80. The van der Waals surface area contributed by atoms with Gasteiger partial charge in [0.2, 0.25) is 0 Å². The molecule has 0 unspecified atom stereocenters. The highest BCUT2D eigenvalue weighted by molar-refractivity contribution is 6.18. The van der Waals surface area contributed by atoms with Crippen molar-refractivity contribution in [2.45, 2.75) is 19.9 Å². The molecule has 0 fully saturated rings. The fraction of sp³-hybridized carbons (Fsp3) is 0.500. The summed E-state index contributed by atoms with van der Waals surface area (Å²) < 4.78 is 12.9. The molecule has 0 aliphatic carbocycles. The van der Waals surface area contributed by atoms with Crippen LogP contribution in [0.25, 0.3) is 0 Å². The molecule has 0 aliphatic heterocycles. The van der Waals surface area contributed by atoms with Crippen LogP contribution >= 0.6 is 11.6 Å². The van der Waals surface area contributed by atoms with E-state index in [1.54, 1.807) is 12.1 Å². The SMILES string of the molecule is CCCN(CCCl)Cc1cccc(F)c1. The Morgan fingerprint density at radius 2 is 2.13 bits per heavy atom. The van der Waals surface area contributed by atoms with Gasteiger partial charge in [0.05, 0.1) is 0 Å². The largest absolute Gasteiger partial charge is 0.298 e. The molecule has 0 heterocycles. The number of rotatable bonds is 6. The number of alkyl halides is 1. The average molecular weight is 230 g/mol. The third-order valence-corrected chi connectivity index (χ3v) is 2.40. The molecular weight excluding hydrogens is 213 g/mol. The summed E-state index contributed by atoms with van der Waals surface area (Å²) >= 11 is 5.71. The minimum absolute atomic E-state index is 0.171. The van der Waals surface area contributed by atoms with Crippen molar-refractivity contribution in [3.05, 3.63) is 35.6 Å². The van der Waals surface area contributed by atoms with E-state index in [1.165, 1.54) is 6.07 Å². The van der Waals surface area contributed by atoms with Crippen molar-refractivity contribution in [1.82, 2.24) is 4.90 Å². The fourth-order valence-electron chi connectivity index (χ4n) is 1.60. The average Bonchev–Trinajstić information content (AvgIpc) is 2.18. The van der Waals surface area contributed by atoms with Crippen molar-refractivity contribution < 1.29 is 4.39 Å². The molecule has 84 valence electrons. The number of hydrogen-bond donors (Lipinski definition) is 0. The van der Waals surface area contributed by atoms with E-state index in [4.69, 9.17) is 11.6 Å². The fourth-order valence-corrected chi connectivity index (χ4v) is 1.84. The zero-order chi connectivity index (χ0) is 11.1. The Morgan fingerprint density at radius 1 is 1.33 bits per heavy atom. The highest BCUT2D eigenvalue weighted by Crippen LogP contribution is 2.07. The van der Waals surface area contributed by atoms with Gasteiger partial charge in [-0.1, -0.05) is 19.1 Å². The van der Waals surface area contributed by atoms with E-state index in [9.17, 15) is 4.39 Å². The Labute approximate surface area is 95.8 Å². The van der Waals surface area contributed by atoms with Gasteiger partial charge < -0.3 is 0 Å². The van der Waals surface area contributed by atoms with Gasteiger partial charge in [-0.15, -0.1) is 11.6 Å². The molecule has 0 radical (unpaired) electrons. The van der Waals surface area contributed by atoms with E-state index < -0.39 is 0 Å². The highest BCUT2D eigenvalue weighted by Gasteiger charge is 2.04. The van der Waals surface area contributed by atoms with E-state index in [-0.39, 0.29) is 5.82 Å². The minimum Gasteiger partial charge on any atom is -0.298 e. The van der Waals surface area contributed by atoms with E-state index in [0.29, 0.717) is 5.88 Å². The lowest BCUT2D eigenvalue weighted by molar-refractivity contribution is 0.282. The first kappa shape index (κ1) is 12.5. The molecule has 1 nitrogen and oxygen atoms in total. The van der Waals surface area contributed by atoms with E-state index >= 15 is 0 Å². The van der Waals surface area contributed by atoms with Crippen molar-refractivity contribution in [1.29, 1.82) is 0 Å². The van der Waals surface area contributed by atoms with Gasteiger partial charge in [-0.3, -0.25) is 4.90 Å². The molecule has 0 aliphatic rings. The lowest BCUT2D eigenvalue weighted by Gasteiger charge is -2.20. The van der Waals surface area contributed by atoms with Gasteiger partial charge in [-0.25, -0.2) is 4.39 Å². The summed E-state index contributed by atoms with van der Waals surface area (Å²) in [7, 11) is 0. The van der Waals surface area contributed by atoms with Crippen LogP contribution in [-0.2, 0) is 6.54 Å². The van der Waals surface area contributed by atoms with Gasteiger partial charge in [-0.05, 0) is 30.7 Å². The summed E-state index contributed by atoms with van der Waals surface area (Å²) in [4.78, 5) is 2.24. The molecule has 0 amide bonds. The first-order valence-electron chi connectivity index (χ1n) is 5.29. The molecule has 0 atom stereocenters. The van der Waals surface area contributed by atoms with Crippen molar-refractivity contribution in [2.75, 3.05) is 19.0 Å². The molecule has 1 rings (SSSR count). The molecule has 1 aromatic rings. The molecule has 15 heavy (non-hydrogen) atoms. The molecule has 0 bridgehead atoms. The molecular formula is C12H17ClFN. The van der Waals surface area contributed by atoms with E-state index in [2.05, 4.69) is 11.8 Å². The Kier molecular flexibility index (Phi) is 5.66. The van der Waals surface area contributed by atoms with Crippen LogP contribution in [-0.4, -0.2) is 23.9 Å². The third kappa shape index (κ3) is 4.63. The van der Waals surface area contributed by atoms with Crippen LogP contribution in [0.15, 0.2) is 24.3 Å². The van der Waals surface area contributed by atoms with Crippen LogP contribution in [0.3, 0.4) is 0 Å². The summed E-state index contributed by atoms with van der Waals surface area (Å²) in [6.07, 6.45) is 1.09. The summed E-state index contributed by atoms with van der Waals surface area (Å²) in [5.41, 5.74) is 1.01. The number of nitrogens with zero attached hydrogens (tertiary/aromatic N) is 1. The van der Waals surface area contributed by atoms with E-state index in [0.717, 1.165) is 31.6 Å². The topological polar surface area (TPSA) is 3.24 Å². The van der Waals surface area contributed by atoms with Crippen LogP contribution in [0.5, 0.6) is 0 Å². The highest BCUT2D eigenvalue weighted by atomic mass is 35.5. The lowest BCUT2D eigenvalue weighted by Crippen LogP contribution is -2.26. The minimum atomic E-state index is -0.171. The summed E-state index contributed by atoms with van der Waals surface area (Å²) in [5.74, 6) is 0.449. The maximum absolute atomic E-state index is 12.9. The van der Waals surface area contributed by atoms with Gasteiger partial charge >= 0.3 is 0 Å². The zero-order valence-electron chi connectivity index (χ0n) is 9.05. The predicted molar refractivity (Wildman–Crippen MR) is 62.7 cm³/mol. The number of hydrogen-bond acceptors (Lipinski definition) is 1. The van der Waals surface area contributed by atoms with Crippen LogP contribution in [0.4, 0.5) is 4.39 Å². The molecule has 0 saturated heterocycles. The Hall–Kier alpha value is -0.600. The van der Waals surface area contributed by atoms with Gasteiger partial charge in [0.1, 0.15) is 5.82 Å². The van der Waals surface area contributed by atoms with Crippen molar-refractivity contribution in [2.24, 2.45) is 0 Å². The van der Waals surface area contributed by atoms with Crippen molar-refractivity contribution in [3.63, 3.8) is 0 Å². The smallest absolute Gasteiger partial charge is 0.123 e. The summed E-state index contributed by atoms with van der Waals surface area (Å²) in [6.45, 7) is 4.76. The van der Waals surface area contributed by atoms with Crippen LogP contribution < -0.4 is 0 Å². The molecule has 0 spiro atoms. The van der Waals surface area contributed by atoms with E-state index in [1.807, 2.05) is 6.07 Å². The van der Waals surface area contributed by atoms with Gasteiger partial charge in [-0.2, -0.15) is 0 Å².